The highest BCUT2D eigenvalue weighted by Gasteiger charge is 2.31. The van der Waals surface area contributed by atoms with Crippen LogP contribution >= 0.6 is 11.6 Å². The van der Waals surface area contributed by atoms with Crippen LogP contribution in [0.15, 0.2) is 83.8 Å². The van der Waals surface area contributed by atoms with Crippen molar-refractivity contribution in [2.45, 2.75) is 24.0 Å². The standard InChI is InChI=1S/C25H25ClN2O4S/c1-18-16-28(17-24(32-18)19-8-4-3-5-9-19)25(29)20-10-6-13-23(14-20)33(30,31)27(2)22-12-7-11-21(26)15-22/h3-15,18,24H,16-17H2,1-2H3. The maximum atomic E-state index is 13.3. The molecule has 1 aliphatic heterocycles. The van der Waals surface area contributed by atoms with E-state index in [0.29, 0.717) is 29.4 Å². The van der Waals surface area contributed by atoms with Crippen LogP contribution in [0, 0.1) is 0 Å². The topological polar surface area (TPSA) is 66.9 Å². The van der Waals surface area contributed by atoms with Crippen molar-refractivity contribution in [2.75, 3.05) is 24.4 Å². The molecule has 8 heteroatoms. The fourth-order valence-electron chi connectivity index (χ4n) is 3.91. The van der Waals surface area contributed by atoms with Gasteiger partial charge in [0.1, 0.15) is 6.10 Å². The van der Waals surface area contributed by atoms with Gasteiger partial charge in [-0.25, -0.2) is 8.42 Å². The van der Waals surface area contributed by atoms with Crippen LogP contribution in [0.5, 0.6) is 0 Å². The number of benzene rings is 3. The molecule has 0 aromatic heterocycles. The summed E-state index contributed by atoms with van der Waals surface area (Å²) in [6.45, 7) is 2.75. The molecule has 172 valence electrons. The first-order valence-electron chi connectivity index (χ1n) is 10.6. The van der Waals surface area contributed by atoms with Crippen molar-refractivity contribution >= 4 is 33.2 Å². The number of morpholine rings is 1. The number of hydrogen-bond donors (Lipinski definition) is 0. The van der Waals surface area contributed by atoms with E-state index in [1.807, 2.05) is 37.3 Å². The zero-order valence-electron chi connectivity index (χ0n) is 18.4. The number of carbonyl (C=O) groups is 1. The van der Waals surface area contributed by atoms with E-state index in [1.165, 1.54) is 19.2 Å². The van der Waals surface area contributed by atoms with E-state index in [0.717, 1.165) is 9.87 Å². The fraction of sp³-hybridized carbons (Fsp3) is 0.240. The highest BCUT2D eigenvalue weighted by atomic mass is 35.5. The number of nitrogens with zero attached hydrogens (tertiary/aromatic N) is 2. The molecule has 1 saturated heterocycles. The highest BCUT2D eigenvalue weighted by Crippen LogP contribution is 2.28. The van der Waals surface area contributed by atoms with Gasteiger partial charge in [-0.05, 0) is 48.9 Å². The van der Waals surface area contributed by atoms with E-state index in [2.05, 4.69) is 0 Å². The van der Waals surface area contributed by atoms with Crippen LogP contribution in [-0.2, 0) is 14.8 Å². The molecule has 2 unspecified atom stereocenters. The number of hydrogen-bond acceptors (Lipinski definition) is 4. The number of sulfonamides is 1. The largest absolute Gasteiger partial charge is 0.367 e. The fourth-order valence-corrected chi connectivity index (χ4v) is 5.33. The average Bonchev–Trinajstić information content (AvgIpc) is 2.83. The molecule has 33 heavy (non-hydrogen) atoms. The summed E-state index contributed by atoms with van der Waals surface area (Å²) in [6, 6.07) is 22.5. The van der Waals surface area contributed by atoms with Gasteiger partial charge in [-0.15, -0.1) is 0 Å². The van der Waals surface area contributed by atoms with Crippen LogP contribution < -0.4 is 4.31 Å². The third kappa shape index (κ3) is 5.05. The summed E-state index contributed by atoms with van der Waals surface area (Å²) in [7, 11) is -2.42. The zero-order valence-corrected chi connectivity index (χ0v) is 20.0. The van der Waals surface area contributed by atoms with Crippen molar-refractivity contribution < 1.29 is 17.9 Å². The number of amides is 1. The molecule has 3 aromatic rings. The van der Waals surface area contributed by atoms with Crippen molar-refractivity contribution in [1.82, 2.24) is 4.90 Å². The number of anilines is 1. The average molecular weight is 485 g/mol. The van der Waals surface area contributed by atoms with Crippen LogP contribution in [0.3, 0.4) is 0 Å². The molecule has 0 spiro atoms. The van der Waals surface area contributed by atoms with Gasteiger partial charge in [0, 0.05) is 24.2 Å². The summed E-state index contributed by atoms with van der Waals surface area (Å²) in [5.74, 6) is -0.228. The molecule has 1 aliphatic rings. The molecule has 1 fully saturated rings. The van der Waals surface area contributed by atoms with E-state index in [4.69, 9.17) is 16.3 Å². The molecule has 2 atom stereocenters. The second kappa shape index (κ2) is 9.55. The first kappa shape index (κ1) is 23.3. The van der Waals surface area contributed by atoms with Crippen LogP contribution in [0.25, 0.3) is 0 Å². The normalized spacial score (nSPS) is 18.7. The molecule has 0 bridgehead atoms. The van der Waals surface area contributed by atoms with Crippen LogP contribution in [0.1, 0.15) is 28.9 Å². The molecule has 1 heterocycles. The molecule has 6 nitrogen and oxygen atoms in total. The second-order valence-corrected chi connectivity index (χ2v) is 10.4. The Kier molecular flexibility index (Phi) is 6.74. The summed E-state index contributed by atoms with van der Waals surface area (Å²) in [5.41, 5.74) is 1.75. The van der Waals surface area contributed by atoms with E-state index < -0.39 is 10.0 Å². The van der Waals surface area contributed by atoms with Gasteiger partial charge in [0.25, 0.3) is 15.9 Å². The highest BCUT2D eigenvalue weighted by molar-refractivity contribution is 7.92. The Morgan fingerprint density at radius 1 is 1.00 bits per heavy atom. The summed E-state index contributed by atoms with van der Waals surface area (Å²) in [6.07, 6.45) is -0.381. The van der Waals surface area contributed by atoms with Crippen LogP contribution in [0.4, 0.5) is 5.69 Å². The maximum absolute atomic E-state index is 13.3. The lowest BCUT2D eigenvalue weighted by Crippen LogP contribution is -2.46. The van der Waals surface area contributed by atoms with Gasteiger partial charge in [0.2, 0.25) is 0 Å². The molecule has 0 saturated carbocycles. The molecule has 3 aromatic carbocycles. The van der Waals surface area contributed by atoms with E-state index in [1.54, 1.807) is 41.3 Å². The van der Waals surface area contributed by atoms with Crippen LogP contribution in [0.2, 0.25) is 5.02 Å². The van der Waals surface area contributed by atoms with Crippen molar-refractivity contribution in [3.8, 4) is 0 Å². The lowest BCUT2D eigenvalue weighted by molar-refractivity contribution is -0.0691. The Bertz CT molecular complexity index is 1250. The molecular formula is C25H25ClN2O4S. The van der Waals surface area contributed by atoms with E-state index >= 15 is 0 Å². The maximum Gasteiger partial charge on any atom is 0.264 e. The van der Waals surface area contributed by atoms with Crippen molar-refractivity contribution in [3.05, 3.63) is 95.0 Å². The summed E-state index contributed by atoms with van der Waals surface area (Å²) < 4.78 is 33.7. The third-order valence-electron chi connectivity index (χ3n) is 5.63. The summed E-state index contributed by atoms with van der Waals surface area (Å²) in [5, 5.41) is 0.438. The van der Waals surface area contributed by atoms with Crippen molar-refractivity contribution in [1.29, 1.82) is 0 Å². The quantitative estimate of drug-likeness (QED) is 0.523. The molecular weight excluding hydrogens is 460 g/mol. The third-order valence-corrected chi connectivity index (χ3v) is 7.65. The van der Waals surface area contributed by atoms with Gasteiger partial charge in [-0.3, -0.25) is 9.10 Å². The molecule has 0 N–H and O–H groups in total. The SMILES string of the molecule is CC1CN(C(=O)c2cccc(S(=O)(=O)N(C)c3cccc(Cl)c3)c2)CC(c2ccccc2)O1. The first-order chi connectivity index (χ1) is 15.8. The Morgan fingerprint density at radius 2 is 1.73 bits per heavy atom. The van der Waals surface area contributed by atoms with Crippen molar-refractivity contribution in [2.24, 2.45) is 0 Å². The van der Waals surface area contributed by atoms with Crippen molar-refractivity contribution in [3.63, 3.8) is 0 Å². The Morgan fingerprint density at radius 3 is 2.45 bits per heavy atom. The Balaban J connectivity index is 1.58. The lowest BCUT2D eigenvalue weighted by atomic mass is 10.1. The molecule has 1 amide bonds. The van der Waals surface area contributed by atoms with Gasteiger partial charge >= 0.3 is 0 Å². The van der Waals surface area contributed by atoms with Gasteiger partial charge in [0.15, 0.2) is 0 Å². The predicted molar refractivity (Wildman–Crippen MR) is 129 cm³/mol. The molecule has 4 rings (SSSR count). The van der Waals surface area contributed by atoms with Gasteiger partial charge in [0.05, 0.1) is 23.2 Å². The zero-order chi connectivity index (χ0) is 23.6. The summed E-state index contributed by atoms with van der Waals surface area (Å²) in [4.78, 5) is 15.1. The minimum Gasteiger partial charge on any atom is -0.367 e. The van der Waals surface area contributed by atoms with Gasteiger partial charge in [-0.2, -0.15) is 0 Å². The van der Waals surface area contributed by atoms with E-state index in [-0.39, 0.29) is 23.0 Å². The minimum atomic E-state index is -3.88. The lowest BCUT2D eigenvalue weighted by Gasteiger charge is -2.37. The minimum absolute atomic E-state index is 0.0387. The molecule has 0 aliphatic carbocycles. The number of rotatable bonds is 5. The summed E-state index contributed by atoms with van der Waals surface area (Å²) >= 11 is 6.02. The number of halogens is 1. The Hall–Kier alpha value is -2.87. The Labute approximate surface area is 199 Å². The smallest absolute Gasteiger partial charge is 0.264 e. The first-order valence-corrected chi connectivity index (χ1v) is 12.4. The molecule has 0 radical (unpaired) electrons. The monoisotopic (exact) mass is 484 g/mol. The second-order valence-electron chi connectivity index (χ2n) is 8.04. The van der Waals surface area contributed by atoms with Crippen LogP contribution in [-0.4, -0.2) is 45.5 Å². The van der Waals surface area contributed by atoms with Gasteiger partial charge in [-0.1, -0.05) is 54.1 Å². The van der Waals surface area contributed by atoms with Gasteiger partial charge < -0.3 is 9.64 Å². The number of ether oxygens (including phenoxy) is 1. The number of carbonyl (C=O) groups excluding carboxylic acids is 1. The van der Waals surface area contributed by atoms with E-state index in [9.17, 15) is 13.2 Å². The predicted octanol–water partition coefficient (Wildman–Crippen LogP) is 4.77.